The van der Waals surface area contributed by atoms with Crippen LogP contribution in [-0.4, -0.2) is 22.2 Å². The summed E-state index contributed by atoms with van der Waals surface area (Å²) in [6.07, 6.45) is 4.95. The van der Waals surface area contributed by atoms with Gasteiger partial charge in [0.15, 0.2) is 0 Å². The van der Waals surface area contributed by atoms with Crippen molar-refractivity contribution in [1.82, 2.24) is 0 Å². The van der Waals surface area contributed by atoms with E-state index < -0.39 is 17.9 Å². The maximum absolute atomic E-state index is 11.0. The zero-order valence-corrected chi connectivity index (χ0v) is 10.8. The standard InChI is InChI=1S/C15H14O5/c1-9-8-12(6-7-13(9)15(18)19)20-11-4-2-10(3-5-11)14(16)17/h2-9,13H,1H3,(H,16,17)(H,18,19). The van der Waals surface area contributed by atoms with Crippen molar-refractivity contribution < 1.29 is 24.5 Å². The molecule has 1 aromatic rings. The molecule has 0 radical (unpaired) electrons. The normalized spacial score (nSPS) is 21.1. The van der Waals surface area contributed by atoms with Gasteiger partial charge in [-0.1, -0.05) is 13.0 Å². The predicted octanol–water partition coefficient (Wildman–Crippen LogP) is 2.55. The summed E-state index contributed by atoms with van der Waals surface area (Å²) < 4.78 is 5.58. The first-order valence-corrected chi connectivity index (χ1v) is 6.11. The molecule has 5 heteroatoms. The third-order valence-corrected chi connectivity index (χ3v) is 3.08. The molecule has 0 aromatic heterocycles. The van der Waals surface area contributed by atoms with Crippen molar-refractivity contribution in [3.8, 4) is 5.75 Å². The Morgan fingerprint density at radius 1 is 1.15 bits per heavy atom. The molecule has 2 rings (SSSR count). The summed E-state index contributed by atoms with van der Waals surface area (Å²) in [5, 5.41) is 17.8. The largest absolute Gasteiger partial charge is 0.481 e. The number of hydrogen-bond acceptors (Lipinski definition) is 3. The second-order valence-electron chi connectivity index (χ2n) is 4.58. The summed E-state index contributed by atoms with van der Waals surface area (Å²) in [4.78, 5) is 21.7. The van der Waals surface area contributed by atoms with Crippen LogP contribution in [0, 0.1) is 11.8 Å². The van der Waals surface area contributed by atoms with E-state index in [0.717, 1.165) is 0 Å². The van der Waals surface area contributed by atoms with Gasteiger partial charge in [-0.25, -0.2) is 4.79 Å². The van der Waals surface area contributed by atoms with Crippen molar-refractivity contribution in [3.05, 3.63) is 53.8 Å². The second-order valence-corrected chi connectivity index (χ2v) is 4.58. The SMILES string of the molecule is CC1C=C(Oc2ccc(C(=O)O)cc2)C=CC1C(=O)O. The number of aliphatic carboxylic acids is 1. The average Bonchev–Trinajstić information content (AvgIpc) is 2.39. The molecule has 0 heterocycles. The first-order chi connectivity index (χ1) is 9.47. The van der Waals surface area contributed by atoms with Crippen molar-refractivity contribution in [2.45, 2.75) is 6.92 Å². The molecular formula is C15H14O5. The molecule has 0 saturated heterocycles. The predicted molar refractivity (Wildman–Crippen MR) is 71.5 cm³/mol. The summed E-state index contributed by atoms with van der Waals surface area (Å²) in [5.74, 6) is -1.51. The fourth-order valence-corrected chi connectivity index (χ4v) is 1.97. The van der Waals surface area contributed by atoms with Crippen LogP contribution in [0.4, 0.5) is 0 Å². The van der Waals surface area contributed by atoms with Gasteiger partial charge in [0.2, 0.25) is 0 Å². The number of benzene rings is 1. The molecule has 1 aromatic carbocycles. The van der Waals surface area contributed by atoms with E-state index in [0.29, 0.717) is 11.5 Å². The molecule has 0 saturated carbocycles. The van der Waals surface area contributed by atoms with Crippen LogP contribution in [0.3, 0.4) is 0 Å². The third-order valence-electron chi connectivity index (χ3n) is 3.08. The van der Waals surface area contributed by atoms with E-state index in [-0.39, 0.29) is 11.5 Å². The highest BCUT2D eigenvalue weighted by molar-refractivity contribution is 5.87. The molecule has 0 amide bonds. The lowest BCUT2D eigenvalue weighted by Crippen LogP contribution is -2.21. The Morgan fingerprint density at radius 2 is 1.80 bits per heavy atom. The van der Waals surface area contributed by atoms with E-state index in [1.54, 1.807) is 37.3 Å². The molecule has 20 heavy (non-hydrogen) atoms. The van der Waals surface area contributed by atoms with E-state index >= 15 is 0 Å². The Balaban J connectivity index is 2.08. The van der Waals surface area contributed by atoms with E-state index in [1.807, 2.05) is 0 Å². The quantitative estimate of drug-likeness (QED) is 0.881. The molecule has 2 N–H and O–H groups in total. The van der Waals surface area contributed by atoms with Crippen LogP contribution >= 0.6 is 0 Å². The fourth-order valence-electron chi connectivity index (χ4n) is 1.97. The van der Waals surface area contributed by atoms with Gasteiger partial charge >= 0.3 is 11.9 Å². The van der Waals surface area contributed by atoms with Crippen molar-refractivity contribution in [2.75, 3.05) is 0 Å². The highest BCUT2D eigenvalue weighted by atomic mass is 16.5. The van der Waals surface area contributed by atoms with Crippen LogP contribution in [0.2, 0.25) is 0 Å². The molecule has 0 fully saturated rings. The van der Waals surface area contributed by atoms with Gasteiger partial charge in [-0.05, 0) is 42.3 Å². The Hall–Kier alpha value is -2.56. The molecule has 0 spiro atoms. The van der Waals surface area contributed by atoms with Gasteiger partial charge in [0.05, 0.1) is 11.5 Å². The van der Waals surface area contributed by atoms with Crippen molar-refractivity contribution in [2.24, 2.45) is 11.8 Å². The number of rotatable bonds is 4. The molecule has 1 aliphatic rings. The molecule has 2 atom stereocenters. The summed E-state index contributed by atoms with van der Waals surface area (Å²) in [7, 11) is 0. The molecule has 5 nitrogen and oxygen atoms in total. The molecule has 0 bridgehead atoms. The summed E-state index contributed by atoms with van der Waals surface area (Å²) >= 11 is 0. The van der Waals surface area contributed by atoms with Crippen LogP contribution in [0.15, 0.2) is 48.3 Å². The molecule has 0 aliphatic heterocycles. The highest BCUT2D eigenvalue weighted by Crippen LogP contribution is 2.25. The monoisotopic (exact) mass is 274 g/mol. The van der Waals surface area contributed by atoms with Crippen LogP contribution in [0.25, 0.3) is 0 Å². The maximum Gasteiger partial charge on any atom is 0.335 e. The summed E-state index contributed by atoms with van der Waals surface area (Å²) in [6.45, 7) is 1.80. The van der Waals surface area contributed by atoms with Crippen molar-refractivity contribution in [3.63, 3.8) is 0 Å². The lowest BCUT2D eigenvalue weighted by molar-refractivity contribution is -0.141. The highest BCUT2D eigenvalue weighted by Gasteiger charge is 2.24. The lowest BCUT2D eigenvalue weighted by atomic mass is 9.89. The average molecular weight is 274 g/mol. The second kappa shape index (κ2) is 5.61. The molecule has 2 unspecified atom stereocenters. The van der Waals surface area contributed by atoms with Crippen molar-refractivity contribution >= 4 is 11.9 Å². The number of carbonyl (C=O) groups is 2. The van der Waals surface area contributed by atoms with Gasteiger partial charge in [0.25, 0.3) is 0 Å². The number of ether oxygens (including phenoxy) is 1. The number of carboxylic acid groups (broad SMARTS) is 2. The number of allylic oxidation sites excluding steroid dienone is 2. The zero-order valence-electron chi connectivity index (χ0n) is 10.8. The molecule has 1 aliphatic carbocycles. The summed E-state index contributed by atoms with van der Waals surface area (Å²) in [5.41, 5.74) is 0.185. The molecule has 104 valence electrons. The van der Waals surface area contributed by atoms with Crippen LogP contribution in [0.5, 0.6) is 5.75 Å². The number of carboxylic acids is 2. The van der Waals surface area contributed by atoms with Gasteiger partial charge in [-0.3, -0.25) is 4.79 Å². The van der Waals surface area contributed by atoms with E-state index in [9.17, 15) is 9.59 Å². The minimum atomic E-state index is -0.994. The molecular weight excluding hydrogens is 260 g/mol. The van der Waals surface area contributed by atoms with Crippen molar-refractivity contribution in [1.29, 1.82) is 0 Å². The first-order valence-electron chi connectivity index (χ1n) is 6.11. The number of aromatic carboxylic acids is 1. The van der Waals surface area contributed by atoms with E-state index in [1.165, 1.54) is 12.1 Å². The Labute approximate surface area is 115 Å². The first kappa shape index (κ1) is 13.9. The lowest BCUT2D eigenvalue weighted by Gasteiger charge is -2.19. The zero-order chi connectivity index (χ0) is 14.7. The van der Waals surface area contributed by atoms with Gasteiger partial charge in [0, 0.05) is 0 Å². The van der Waals surface area contributed by atoms with Gasteiger partial charge < -0.3 is 14.9 Å². The van der Waals surface area contributed by atoms with Crippen LogP contribution < -0.4 is 4.74 Å². The Bertz CT molecular complexity index is 583. The number of hydrogen-bond donors (Lipinski definition) is 2. The minimum absolute atomic E-state index is 0.161. The van der Waals surface area contributed by atoms with Gasteiger partial charge in [-0.2, -0.15) is 0 Å². The fraction of sp³-hybridized carbons (Fsp3) is 0.200. The third kappa shape index (κ3) is 3.06. The topological polar surface area (TPSA) is 83.8 Å². The maximum atomic E-state index is 11.0. The van der Waals surface area contributed by atoms with Gasteiger partial charge in [0.1, 0.15) is 11.5 Å². The smallest absolute Gasteiger partial charge is 0.335 e. The Kier molecular flexibility index (Phi) is 3.89. The van der Waals surface area contributed by atoms with Crippen LogP contribution in [0.1, 0.15) is 17.3 Å². The minimum Gasteiger partial charge on any atom is -0.481 e. The van der Waals surface area contributed by atoms with Crippen LogP contribution in [-0.2, 0) is 4.79 Å². The van der Waals surface area contributed by atoms with E-state index in [4.69, 9.17) is 14.9 Å². The summed E-state index contributed by atoms with van der Waals surface area (Å²) in [6, 6.07) is 6.03. The van der Waals surface area contributed by atoms with E-state index in [2.05, 4.69) is 0 Å². The Morgan fingerprint density at radius 3 is 2.30 bits per heavy atom. The van der Waals surface area contributed by atoms with Gasteiger partial charge in [-0.15, -0.1) is 0 Å².